The average molecular weight is 434 g/mol. The Morgan fingerprint density at radius 2 is 1.75 bits per heavy atom. The fraction of sp³-hybridized carbons (Fsp3) is 0.0455. The molecule has 2 N–H and O–H groups in total. The van der Waals surface area contributed by atoms with Gasteiger partial charge in [0.2, 0.25) is 0 Å². The number of non-ortho nitro benzene ring substituents is 1. The maximum atomic E-state index is 14.7. The quantitative estimate of drug-likeness (QED) is 0.207. The van der Waals surface area contributed by atoms with Crippen LogP contribution in [0.15, 0.2) is 60.7 Å². The number of Topliss-reactive ketones (excluding diaryl/α,β-unsaturated/α-hetero) is 1. The van der Waals surface area contributed by atoms with E-state index in [1.807, 2.05) is 0 Å². The van der Waals surface area contributed by atoms with Gasteiger partial charge < -0.3 is 10.5 Å². The van der Waals surface area contributed by atoms with Crippen molar-refractivity contribution in [3.63, 3.8) is 0 Å². The van der Waals surface area contributed by atoms with Gasteiger partial charge in [-0.3, -0.25) is 19.7 Å². The van der Waals surface area contributed by atoms with Crippen LogP contribution < -0.4 is 5.32 Å². The number of aromatic nitrogens is 2. The van der Waals surface area contributed by atoms with Crippen LogP contribution >= 0.6 is 0 Å². The van der Waals surface area contributed by atoms with E-state index in [9.17, 15) is 29.3 Å². The van der Waals surface area contributed by atoms with Gasteiger partial charge in [0.15, 0.2) is 11.6 Å². The number of carbonyl (C=O) groups excluding carboxylic acids is 2. The van der Waals surface area contributed by atoms with E-state index < -0.39 is 16.6 Å². The Morgan fingerprint density at radius 1 is 1.06 bits per heavy atom. The summed E-state index contributed by atoms with van der Waals surface area (Å²) in [5, 5.41) is 23.8. The SMILES string of the molecule is CC(=O)c1ccc(C(=O)Nc2ccc(-c3nc4ccc([N+](=O)[O-])cc4n3O)cc2F)cc1. The van der Waals surface area contributed by atoms with Gasteiger partial charge in [0.25, 0.3) is 11.6 Å². The van der Waals surface area contributed by atoms with Crippen molar-refractivity contribution in [3.05, 3.63) is 87.7 Å². The summed E-state index contributed by atoms with van der Waals surface area (Å²) in [4.78, 5) is 38.3. The van der Waals surface area contributed by atoms with E-state index in [1.54, 1.807) is 0 Å². The summed E-state index contributed by atoms with van der Waals surface area (Å²) < 4.78 is 15.3. The number of amides is 1. The van der Waals surface area contributed by atoms with E-state index >= 15 is 0 Å². The van der Waals surface area contributed by atoms with Gasteiger partial charge in [0.05, 0.1) is 16.1 Å². The number of halogens is 1. The predicted octanol–water partition coefficient (Wildman–Crippen LogP) is 4.44. The molecule has 0 radical (unpaired) electrons. The number of nitrogens with zero attached hydrogens (tertiary/aromatic N) is 3. The molecule has 4 rings (SSSR count). The average Bonchev–Trinajstić information content (AvgIpc) is 3.11. The van der Waals surface area contributed by atoms with Crippen LogP contribution in [-0.2, 0) is 0 Å². The van der Waals surface area contributed by atoms with Crippen molar-refractivity contribution in [2.75, 3.05) is 5.32 Å². The summed E-state index contributed by atoms with van der Waals surface area (Å²) in [5.74, 6) is -1.48. The second kappa shape index (κ2) is 7.91. The first kappa shape index (κ1) is 20.7. The largest absolute Gasteiger partial charge is 0.426 e. The topological polar surface area (TPSA) is 127 Å². The van der Waals surface area contributed by atoms with E-state index in [0.717, 1.165) is 12.1 Å². The molecule has 0 saturated heterocycles. The highest BCUT2D eigenvalue weighted by Crippen LogP contribution is 2.28. The fourth-order valence-electron chi connectivity index (χ4n) is 3.16. The second-order valence-corrected chi connectivity index (χ2v) is 6.96. The van der Waals surface area contributed by atoms with Crippen molar-refractivity contribution in [1.82, 2.24) is 9.71 Å². The first-order chi connectivity index (χ1) is 15.2. The minimum Gasteiger partial charge on any atom is -0.426 e. The number of fused-ring (bicyclic) bond motifs is 1. The van der Waals surface area contributed by atoms with Gasteiger partial charge in [-0.15, -0.1) is 0 Å². The van der Waals surface area contributed by atoms with Gasteiger partial charge in [0, 0.05) is 28.8 Å². The van der Waals surface area contributed by atoms with Crippen molar-refractivity contribution in [2.45, 2.75) is 6.92 Å². The summed E-state index contributed by atoms with van der Waals surface area (Å²) in [6, 6.07) is 13.6. The Labute approximate surface area is 179 Å². The first-order valence-corrected chi connectivity index (χ1v) is 9.33. The lowest BCUT2D eigenvalue weighted by Crippen LogP contribution is -2.13. The summed E-state index contributed by atoms with van der Waals surface area (Å²) >= 11 is 0. The lowest BCUT2D eigenvalue weighted by atomic mass is 10.1. The Hall–Kier alpha value is -4.60. The number of benzene rings is 3. The number of nitro benzene ring substituents is 1. The van der Waals surface area contributed by atoms with Gasteiger partial charge >= 0.3 is 0 Å². The van der Waals surface area contributed by atoms with E-state index in [2.05, 4.69) is 10.3 Å². The third-order valence-corrected chi connectivity index (χ3v) is 4.85. The molecule has 0 atom stereocenters. The molecule has 1 amide bonds. The highest BCUT2D eigenvalue weighted by Gasteiger charge is 2.18. The zero-order chi connectivity index (χ0) is 23.0. The maximum absolute atomic E-state index is 14.7. The summed E-state index contributed by atoms with van der Waals surface area (Å²) in [5.41, 5.74) is 0.977. The number of carbonyl (C=O) groups is 2. The van der Waals surface area contributed by atoms with Crippen LogP contribution in [0.3, 0.4) is 0 Å². The van der Waals surface area contributed by atoms with Crippen LogP contribution in [0.1, 0.15) is 27.6 Å². The zero-order valence-electron chi connectivity index (χ0n) is 16.6. The number of rotatable bonds is 5. The van der Waals surface area contributed by atoms with E-state index in [1.165, 1.54) is 55.5 Å². The highest BCUT2D eigenvalue weighted by molar-refractivity contribution is 6.05. The summed E-state index contributed by atoms with van der Waals surface area (Å²) in [7, 11) is 0. The standard InChI is InChI=1S/C22H15FN4O5/c1-12(28)13-2-4-14(5-3-13)22(29)25-18-8-6-15(10-17(18)23)21-24-19-9-7-16(27(31)32)11-20(19)26(21)30/h2-11,30H,1H3,(H,25,29). The van der Waals surface area contributed by atoms with Gasteiger partial charge in [-0.2, -0.15) is 4.73 Å². The molecule has 0 bridgehead atoms. The smallest absolute Gasteiger partial charge is 0.271 e. The Kier molecular flexibility index (Phi) is 5.11. The molecule has 1 aromatic heterocycles. The van der Waals surface area contributed by atoms with Crippen molar-refractivity contribution >= 4 is 34.1 Å². The van der Waals surface area contributed by atoms with Crippen LogP contribution in [0.4, 0.5) is 15.8 Å². The van der Waals surface area contributed by atoms with Crippen LogP contribution in [0, 0.1) is 15.9 Å². The summed E-state index contributed by atoms with van der Waals surface area (Å²) in [6.07, 6.45) is 0. The first-order valence-electron chi connectivity index (χ1n) is 9.33. The molecule has 1 heterocycles. The molecule has 0 unspecified atom stereocenters. The molecule has 0 aliphatic carbocycles. The van der Waals surface area contributed by atoms with E-state index in [0.29, 0.717) is 15.8 Å². The van der Waals surface area contributed by atoms with Gasteiger partial charge in [-0.05, 0) is 43.3 Å². The number of nitrogens with one attached hydrogen (secondary N) is 1. The van der Waals surface area contributed by atoms with Gasteiger partial charge in [-0.25, -0.2) is 9.37 Å². The fourth-order valence-corrected chi connectivity index (χ4v) is 3.16. The van der Waals surface area contributed by atoms with Crippen molar-refractivity contribution in [1.29, 1.82) is 0 Å². The number of anilines is 1. The monoisotopic (exact) mass is 434 g/mol. The minimum absolute atomic E-state index is 0.0166. The minimum atomic E-state index is -0.769. The zero-order valence-corrected chi connectivity index (χ0v) is 16.6. The van der Waals surface area contributed by atoms with Crippen LogP contribution in [0.5, 0.6) is 0 Å². The van der Waals surface area contributed by atoms with Crippen molar-refractivity contribution in [3.8, 4) is 11.4 Å². The molecule has 160 valence electrons. The lowest BCUT2D eigenvalue weighted by Gasteiger charge is -2.08. The normalized spacial score (nSPS) is 10.8. The van der Waals surface area contributed by atoms with Crippen LogP contribution in [0.25, 0.3) is 22.4 Å². The van der Waals surface area contributed by atoms with Gasteiger partial charge in [-0.1, -0.05) is 12.1 Å². The third kappa shape index (κ3) is 3.76. The highest BCUT2D eigenvalue weighted by atomic mass is 19.1. The molecule has 0 saturated carbocycles. The van der Waals surface area contributed by atoms with Crippen LogP contribution in [0.2, 0.25) is 0 Å². The molecular weight excluding hydrogens is 419 g/mol. The summed E-state index contributed by atoms with van der Waals surface area (Å²) in [6.45, 7) is 1.41. The molecule has 32 heavy (non-hydrogen) atoms. The molecule has 10 heteroatoms. The number of hydrogen-bond acceptors (Lipinski definition) is 6. The molecule has 4 aromatic rings. The maximum Gasteiger partial charge on any atom is 0.271 e. The molecule has 0 aliphatic heterocycles. The van der Waals surface area contributed by atoms with Crippen LogP contribution in [-0.4, -0.2) is 31.5 Å². The Morgan fingerprint density at radius 3 is 2.38 bits per heavy atom. The van der Waals surface area contributed by atoms with Crippen molar-refractivity contribution in [2.24, 2.45) is 0 Å². The van der Waals surface area contributed by atoms with Gasteiger partial charge in [0.1, 0.15) is 11.3 Å². The second-order valence-electron chi connectivity index (χ2n) is 6.96. The Balaban J connectivity index is 1.61. The van der Waals surface area contributed by atoms with E-state index in [-0.39, 0.29) is 39.6 Å². The molecule has 0 aliphatic rings. The Bertz CT molecular complexity index is 1400. The predicted molar refractivity (Wildman–Crippen MR) is 113 cm³/mol. The lowest BCUT2D eigenvalue weighted by molar-refractivity contribution is -0.384. The number of ketones is 1. The van der Waals surface area contributed by atoms with E-state index in [4.69, 9.17) is 0 Å². The molecule has 0 spiro atoms. The number of nitro groups is 1. The van der Waals surface area contributed by atoms with Crippen molar-refractivity contribution < 1.29 is 24.1 Å². The molecule has 0 fully saturated rings. The molecule has 9 nitrogen and oxygen atoms in total. The number of hydrogen-bond donors (Lipinski definition) is 2. The molecular formula is C22H15FN4O5. The third-order valence-electron chi connectivity index (χ3n) is 4.85. The molecule has 3 aromatic carbocycles. The number of imidazole rings is 1.